The van der Waals surface area contributed by atoms with Crippen molar-refractivity contribution in [1.29, 1.82) is 5.26 Å². The van der Waals surface area contributed by atoms with Crippen LogP contribution in [0.2, 0.25) is 0 Å². The van der Waals surface area contributed by atoms with Gasteiger partial charge in [-0.25, -0.2) is 4.98 Å². The Balaban J connectivity index is 1.69. The molecular weight excluding hydrogens is 373 g/mol. The highest BCUT2D eigenvalue weighted by Gasteiger charge is 2.34. The summed E-state index contributed by atoms with van der Waals surface area (Å²) in [6.07, 6.45) is -4.59. The molecule has 1 heterocycles. The largest absolute Gasteiger partial charge is 0.449 e. The Morgan fingerprint density at radius 2 is 1.96 bits per heavy atom. The summed E-state index contributed by atoms with van der Waals surface area (Å²) >= 11 is 0. The summed E-state index contributed by atoms with van der Waals surface area (Å²) in [5.41, 5.74) is 3.48. The minimum atomic E-state index is -4.59. The van der Waals surface area contributed by atoms with E-state index in [1.165, 1.54) is 18.2 Å². The van der Waals surface area contributed by atoms with Gasteiger partial charge in [0, 0.05) is 6.54 Å². The summed E-state index contributed by atoms with van der Waals surface area (Å²) < 4.78 is 38.1. The molecule has 0 atom stereocenters. The fourth-order valence-corrected chi connectivity index (χ4v) is 2.32. The van der Waals surface area contributed by atoms with Gasteiger partial charge in [-0.2, -0.15) is 23.5 Å². The molecule has 1 aromatic heterocycles. The molecule has 3 N–H and O–H groups in total. The number of halogens is 3. The number of H-pyrrole nitrogens is 1. The van der Waals surface area contributed by atoms with Crippen LogP contribution in [0, 0.1) is 11.3 Å². The van der Waals surface area contributed by atoms with Crippen LogP contribution in [0.15, 0.2) is 53.6 Å². The maximum atomic E-state index is 12.7. The zero-order valence-electron chi connectivity index (χ0n) is 14.2. The maximum Gasteiger partial charge on any atom is 0.449 e. The Morgan fingerprint density at radius 1 is 1.21 bits per heavy atom. The van der Waals surface area contributed by atoms with Crippen molar-refractivity contribution in [1.82, 2.24) is 15.3 Å². The van der Waals surface area contributed by atoms with Gasteiger partial charge >= 0.3 is 6.18 Å². The molecule has 142 valence electrons. The van der Waals surface area contributed by atoms with Crippen molar-refractivity contribution in [3.63, 3.8) is 0 Å². The molecule has 0 radical (unpaired) electrons. The Bertz CT molecular complexity index is 1070. The maximum absolute atomic E-state index is 12.7. The van der Waals surface area contributed by atoms with Crippen molar-refractivity contribution in [2.45, 2.75) is 12.7 Å². The van der Waals surface area contributed by atoms with Gasteiger partial charge in [-0.15, -0.1) is 0 Å². The summed E-state index contributed by atoms with van der Waals surface area (Å²) in [6.45, 7) is 0.223. The molecule has 3 rings (SSSR count). The van der Waals surface area contributed by atoms with Gasteiger partial charge in [0.15, 0.2) is 0 Å². The standard InChI is InChI=1S/C18H13F3N6O/c19-18(20,21)17-24-13-7-6-12(8-14(13)25-17)26-27-15(9-22)16(28)23-10-11-4-2-1-3-5-11/h1-8,26H,10H2,(H,23,28)(H,24,25). The number of hydrazone groups is 1. The molecular formula is C18H13F3N6O. The van der Waals surface area contributed by atoms with Gasteiger partial charge in [-0.3, -0.25) is 10.2 Å². The van der Waals surface area contributed by atoms with Crippen LogP contribution in [0.4, 0.5) is 18.9 Å². The average Bonchev–Trinajstić information content (AvgIpc) is 3.11. The van der Waals surface area contributed by atoms with Crippen LogP contribution in [0.5, 0.6) is 0 Å². The molecule has 0 fully saturated rings. The number of nitrogens with one attached hydrogen (secondary N) is 3. The molecule has 7 nitrogen and oxygen atoms in total. The number of carbonyl (C=O) groups excluding carboxylic acids is 1. The Hall–Kier alpha value is -3.87. The molecule has 0 aliphatic heterocycles. The second kappa shape index (κ2) is 7.79. The SMILES string of the molecule is N#CC(=NNc1ccc2nc(C(F)(F)F)[nH]c2c1)C(=O)NCc1ccccc1. The Labute approximate surface area is 156 Å². The highest BCUT2D eigenvalue weighted by atomic mass is 19.4. The summed E-state index contributed by atoms with van der Waals surface area (Å²) in [6, 6.07) is 14.9. The molecule has 1 amide bonds. The van der Waals surface area contributed by atoms with E-state index in [2.05, 4.69) is 25.8 Å². The van der Waals surface area contributed by atoms with Crippen LogP contribution in [-0.2, 0) is 17.5 Å². The highest BCUT2D eigenvalue weighted by Crippen LogP contribution is 2.29. The third-order valence-electron chi connectivity index (χ3n) is 3.66. The summed E-state index contributed by atoms with van der Waals surface area (Å²) in [5.74, 6) is -1.79. The number of amides is 1. The second-order valence-corrected chi connectivity index (χ2v) is 5.67. The Kier molecular flexibility index (Phi) is 5.26. The first kappa shape index (κ1) is 18.9. The number of alkyl halides is 3. The lowest BCUT2D eigenvalue weighted by Gasteiger charge is -2.04. The lowest BCUT2D eigenvalue weighted by molar-refractivity contribution is -0.144. The van der Waals surface area contributed by atoms with E-state index in [4.69, 9.17) is 5.26 Å². The van der Waals surface area contributed by atoms with Crippen LogP contribution < -0.4 is 10.7 Å². The van der Waals surface area contributed by atoms with E-state index in [0.29, 0.717) is 0 Å². The number of aromatic nitrogens is 2. The second-order valence-electron chi connectivity index (χ2n) is 5.67. The zero-order chi connectivity index (χ0) is 20.1. The predicted molar refractivity (Wildman–Crippen MR) is 96.1 cm³/mol. The van der Waals surface area contributed by atoms with Crippen molar-refractivity contribution >= 4 is 28.3 Å². The molecule has 10 heteroatoms. The number of imidazole rings is 1. The van der Waals surface area contributed by atoms with Gasteiger partial charge in [-0.05, 0) is 23.8 Å². The molecule has 0 saturated heterocycles. The monoisotopic (exact) mass is 386 g/mol. The van der Waals surface area contributed by atoms with Gasteiger partial charge < -0.3 is 10.3 Å². The average molecular weight is 386 g/mol. The fourth-order valence-electron chi connectivity index (χ4n) is 2.32. The number of fused-ring (bicyclic) bond motifs is 1. The van der Waals surface area contributed by atoms with E-state index in [1.807, 2.05) is 30.3 Å². The lowest BCUT2D eigenvalue weighted by Crippen LogP contribution is -2.30. The van der Waals surface area contributed by atoms with E-state index >= 15 is 0 Å². The number of nitriles is 1. The lowest BCUT2D eigenvalue weighted by atomic mass is 10.2. The van der Waals surface area contributed by atoms with Crippen LogP contribution in [-0.4, -0.2) is 21.6 Å². The normalized spacial score (nSPS) is 11.9. The number of rotatable bonds is 5. The molecule has 3 aromatic rings. The van der Waals surface area contributed by atoms with Crippen LogP contribution in [0.1, 0.15) is 11.4 Å². The smallest absolute Gasteiger partial charge is 0.346 e. The van der Waals surface area contributed by atoms with Crippen molar-refractivity contribution in [3.8, 4) is 6.07 Å². The van der Waals surface area contributed by atoms with E-state index < -0.39 is 23.6 Å². The highest BCUT2D eigenvalue weighted by molar-refractivity contribution is 6.45. The zero-order valence-corrected chi connectivity index (χ0v) is 14.2. The van der Waals surface area contributed by atoms with E-state index in [9.17, 15) is 18.0 Å². The van der Waals surface area contributed by atoms with E-state index in [-0.39, 0.29) is 23.3 Å². The number of hydrogen-bond acceptors (Lipinski definition) is 5. The number of benzene rings is 2. The molecule has 28 heavy (non-hydrogen) atoms. The first-order chi connectivity index (χ1) is 13.4. The van der Waals surface area contributed by atoms with Crippen molar-refractivity contribution in [3.05, 3.63) is 59.9 Å². The van der Waals surface area contributed by atoms with Crippen LogP contribution >= 0.6 is 0 Å². The topological polar surface area (TPSA) is 106 Å². The van der Waals surface area contributed by atoms with E-state index in [1.54, 1.807) is 6.07 Å². The number of anilines is 1. The number of aromatic amines is 1. The van der Waals surface area contributed by atoms with Gasteiger partial charge in [0.1, 0.15) is 6.07 Å². The molecule has 0 bridgehead atoms. The van der Waals surface area contributed by atoms with Gasteiger partial charge in [-0.1, -0.05) is 30.3 Å². The fraction of sp³-hybridized carbons (Fsp3) is 0.111. The molecule has 2 aromatic carbocycles. The first-order valence-corrected chi connectivity index (χ1v) is 7.99. The van der Waals surface area contributed by atoms with Crippen LogP contribution in [0.25, 0.3) is 11.0 Å². The van der Waals surface area contributed by atoms with Crippen molar-refractivity contribution in [2.24, 2.45) is 5.10 Å². The van der Waals surface area contributed by atoms with Gasteiger partial charge in [0.05, 0.1) is 16.7 Å². The number of nitrogens with zero attached hydrogens (tertiary/aromatic N) is 3. The molecule has 0 aliphatic rings. The van der Waals surface area contributed by atoms with Crippen molar-refractivity contribution < 1.29 is 18.0 Å². The van der Waals surface area contributed by atoms with E-state index in [0.717, 1.165) is 5.56 Å². The van der Waals surface area contributed by atoms with Gasteiger partial charge in [0.2, 0.25) is 11.5 Å². The van der Waals surface area contributed by atoms with Gasteiger partial charge in [0.25, 0.3) is 5.91 Å². The minimum absolute atomic E-state index is 0.128. The Morgan fingerprint density at radius 3 is 2.64 bits per heavy atom. The molecule has 0 saturated carbocycles. The molecule has 0 spiro atoms. The summed E-state index contributed by atoms with van der Waals surface area (Å²) in [4.78, 5) is 17.7. The third kappa shape index (κ3) is 4.45. The minimum Gasteiger partial charge on any atom is -0.346 e. The number of hydrogen-bond donors (Lipinski definition) is 3. The summed E-state index contributed by atoms with van der Waals surface area (Å²) in [5, 5.41) is 15.4. The quantitative estimate of drug-likeness (QED) is 0.462. The molecule has 0 aliphatic carbocycles. The van der Waals surface area contributed by atoms with Crippen LogP contribution in [0.3, 0.4) is 0 Å². The third-order valence-corrected chi connectivity index (χ3v) is 3.66. The number of carbonyl (C=O) groups is 1. The first-order valence-electron chi connectivity index (χ1n) is 7.99. The summed E-state index contributed by atoms with van der Waals surface area (Å²) in [7, 11) is 0. The molecule has 0 unspecified atom stereocenters. The van der Waals surface area contributed by atoms with Crippen molar-refractivity contribution in [2.75, 3.05) is 5.43 Å². The predicted octanol–water partition coefficient (Wildman–Crippen LogP) is 3.19.